The Kier molecular flexibility index (Phi) is 6.18. The van der Waals surface area contributed by atoms with Gasteiger partial charge in [-0.25, -0.2) is 9.79 Å². The smallest absolute Gasteiger partial charge is 0.361 e. The molecule has 0 amide bonds. The Labute approximate surface area is 192 Å². The molecular formula is C20H18Cl2N4O4S. The van der Waals surface area contributed by atoms with Gasteiger partial charge >= 0.3 is 5.97 Å². The van der Waals surface area contributed by atoms with Crippen molar-refractivity contribution in [3.8, 4) is 0 Å². The molecule has 11 heteroatoms. The Bertz CT molecular complexity index is 1100. The molecule has 1 fully saturated rings. The van der Waals surface area contributed by atoms with Crippen molar-refractivity contribution < 1.29 is 18.8 Å². The van der Waals surface area contributed by atoms with E-state index in [1.807, 2.05) is 6.26 Å². The van der Waals surface area contributed by atoms with E-state index in [2.05, 4.69) is 20.4 Å². The van der Waals surface area contributed by atoms with Gasteiger partial charge in [-0.1, -0.05) is 28.4 Å². The average Bonchev–Trinajstić information content (AvgIpc) is 3.33. The molecule has 4 rings (SSSR count). The quantitative estimate of drug-likeness (QED) is 0.373. The number of carbonyl (C=O) groups excluding carboxylic acids is 2. The second kappa shape index (κ2) is 8.72. The number of halogens is 2. The lowest BCUT2D eigenvalue weighted by Gasteiger charge is -2.21. The Morgan fingerprint density at radius 2 is 2.10 bits per heavy atom. The van der Waals surface area contributed by atoms with Crippen molar-refractivity contribution in [2.24, 2.45) is 15.2 Å². The van der Waals surface area contributed by atoms with Crippen molar-refractivity contribution in [2.75, 3.05) is 12.9 Å². The summed E-state index contributed by atoms with van der Waals surface area (Å²) in [7, 11) is 0. The SMILES string of the molecule is CCOC(=O)c1noc(C2CC2)c1C(=O)c1ccc(Cl)c(Cl)c1CC1(SC)N=CN=N1. The van der Waals surface area contributed by atoms with Gasteiger partial charge in [0.05, 0.1) is 16.7 Å². The molecule has 0 bridgehead atoms. The fraction of sp³-hybridized carbons (Fsp3) is 0.400. The lowest BCUT2D eigenvalue weighted by Crippen LogP contribution is -2.22. The van der Waals surface area contributed by atoms with Gasteiger partial charge in [0.15, 0.2) is 11.5 Å². The number of hydrogen-bond acceptors (Lipinski definition) is 9. The molecule has 1 unspecified atom stereocenters. The molecule has 2 aliphatic rings. The minimum Gasteiger partial charge on any atom is -0.461 e. The largest absolute Gasteiger partial charge is 0.461 e. The number of azo groups is 1. The van der Waals surface area contributed by atoms with E-state index >= 15 is 0 Å². The van der Waals surface area contributed by atoms with Gasteiger partial charge < -0.3 is 9.26 Å². The Hall–Kier alpha value is -2.23. The zero-order chi connectivity index (χ0) is 22.2. The topological polar surface area (TPSA) is 106 Å². The summed E-state index contributed by atoms with van der Waals surface area (Å²) in [5.74, 6) is -0.706. The summed E-state index contributed by atoms with van der Waals surface area (Å²) >= 11 is 14.1. The van der Waals surface area contributed by atoms with E-state index < -0.39 is 16.7 Å². The highest BCUT2D eigenvalue weighted by atomic mass is 35.5. The molecule has 0 spiro atoms. The Morgan fingerprint density at radius 1 is 1.32 bits per heavy atom. The number of aromatic nitrogens is 1. The van der Waals surface area contributed by atoms with Crippen LogP contribution in [-0.4, -0.2) is 41.1 Å². The molecule has 8 nitrogen and oxygen atoms in total. The number of ketones is 1. The van der Waals surface area contributed by atoms with E-state index in [4.69, 9.17) is 32.5 Å². The first-order chi connectivity index (χ1) is 14.9. The molecule has 1 aliphatic carbocycles. The zero-order valence-corrected chi connectivity index (χ0v) is 19.1. The van der Waals surface area contributed by atoms with E-state index in [0.29, 0.717) is 16.3 Å². The van der Waals surface area contributed by atoms with E-state index in [1.165, 1.54) is 18.1 Å². The van der Waals surface area contributed by atoms with Crippen molar-refractivity contribution in [3.05, 3.63) is 50.3 Å². The van der Waals surface area contributed by atoms with Crippen LogP contribution >= 0.6 is 35.0 Å². The maximum atomic E-state index is 13.7. The summed E-state index contributed by atoms with van der Waals surface area (Å²) < 4.78 is 10.5. The third kappa shape index (κ3) is 4.14. The van der Waals surface area contributed by atoms with Crippen LogP contribution in [0.5, 0.6) is 0 Å². The lowest BCUT2D eigenvalue weighted by atomic mass is 9.93. The van der Waals surface area contributed by atoms with Crippen LogP contribution in [-0.2, 0) is 11.2 Å². The van der Waals surface area contributed by atoms with Crippen LogP contribution in [0, 0.1) is 0 Å². The van der Waals surface area contributed by atoms with Gasteiger partial charge in [0.25, 0.3) is 0 Å². The predicted molar refractivity (Wildman–Crippen MR) is 118 cm³/mol. The number of rotatable bonds is 8. The first-order valence-electron chi connectivity index (χ1n) is 9.60. The van der Waals surface area contributed by atoms with Crippen LogP contribution < -0.4 is 0 Å². The number of thioether (sulfide) groups is 1. The van der Waals surface area contributed by atoms with Crippen LogP contribution in [0.4, 0.5) is 0 Å². The lowest BCUT2D eigenvalue weighted by molar-refractivity contribution is 0.0512. The van der Waals surface area contributed by atoms with Crippen molar-refractivity contribution in [1.82, 2.24) is 5.16 Å². The predicted octanol–water partition coefficient (Wildman–Crippen LogP) is 5.32. The van der Waals surface area contributed by atoms with Crippen molar-refractivity contribution >= 4 is 53.1 Å². The molecule has 1 aromatic carbocycles. The van der Waals surface area contributed by atoms with Crippen molar-refractivity contribution in [3.63, 3.8) is 0 Å². The molecule has 1 aliphatic heterocycles. The number of nitrogens with zero attached hydrogens (tertiary/aromatic N) is 4. The summed E-state index contributed by atoms with van der Waals surface area (Å²) in [5, 5.41) is 12.4. The number of ether oxygens (including phenoxy) is 1. The van der Waals surface area contributed by atoms with Gasteiger partial charge in [-0.2, -0.15) is 0 Å². The molecular weight excluding hydrogens is 463 g/mol. The van der Waals surface area contributed by atoms with Crippen molar-refractivity contribution in [1.29, 1.82) is 0 Å². The molecule has 0 N–H and O–H groups in total. The molecule has 162 valence electrons. The van der Waals surface area contributed by atoms with Crippen LogP contribution in [0.1, 0.15) is 63.4 Å². The summed E-state index contributed by atoms with van der Waals surface area (Å²) in [6.07, 6.45) is 5.10. The molecule has 31 heavy (non-hydrogen) atoms. The summed E-state index contributed by atoms with van der Waals surface area (Å²) in [4.78, 5) is 29.6. The maximum absolute atomic E-state index is 13.7. The number of benzene rings is 1. The van der Waals surface area contributed by atoms with Gasteiger partial charge in [-0.15, -0.1) is 22.0 Å². The fourth-order valence-electron chi connectivity index (χ4n) is 3.33. The second-order valence-electron chi connectivity index (χ2n) is 7.07. The fourth-order valence-corrected chi connectivity index (χ4v) is 4.31. The normalized spacial score (nSPS) is 19.7. The molecule has 0 saturated heterocycles. The van der Waals surface area contributed by atoms with E-state index in [1.54, 1.807) is 19.1 Å². The monoisotopic (exact) mass is 480 g/mol. The number of aliphatic imine (C=N–C) groups is 1. The second-order valence-corrected chi connectivity index (χ2v) is 8.91. The highest BCUT2D eigenvalue weighted by Gasteiger charge is 2.39. The third-order valence-corrected chi connectivity index (χ3v) is 6.89. The van der Waals surface area contributed by atoms with Gasteiger partial charge in [0.2, 0.25) is 10.7 Å². The van der Waals surface area contributed by atoms with Gasteiger partial charge in [0.1, 0.15) is 11.9 Å². The molecule has 1 atom stereocenters. The van der Waals surface area contributed by atoms with E-state index in [-0.39, 0.29) is 40.8 Å². The highest BCUT2D eigenvalue weighted by molar-refractivity contribution is 7.99. The molecule has 2 aromatic rings. The first kappa shape index (κ1) is 22.0. The Morgan fingerprint density at radius 3 is 2.71 bits per heavy atom. The molecule has 0 radical (unpaired) electrons. The Balaban J connectivity index is 1.82. The van der Waals surface area contributed by atoms with Gasteiger partial charge in [0, 0.05) is 17.9 Å². The van der Waals surface area contributed by atoms with E-state index in [0.717, 1.165) is 12.8 Å². The minimum atomic E-state index is -0.943. The van der Waals surface area contributed by atoms with Gasteiger partial charge in [-0.05, 0) is 43.7 Å². The molecule has 1 saturated carbocycles. The zero-order valence-electron chi connectivity index (χ0n) is 16.7. The van der Waals surface area contributed by atoms with Crippen molar-refractivity contribution in [2.45, 2.75) is 37.1 Å². The molecule has 2 heterocycles. The minimum absolute atomic E-state index is 0.0478. The summed E-state index contributed by atoms with van der Waals surface area (Å²) in [6, 6.07) is 3.12. The number of carbonyl (C=O) groups is 2. The summed E-state index contributed by atoms with van der Waals surface area (Å²) in [5.41, 5.74) is 0.708. The van der Waals surface area contributed by atoms with Crippen LogP contribution in [0.3, 0.4) is 0 Å². The third-order valence-electron chi connectivity index (χ3n) is 5.06. The summed E-state index contributed by atoms with van der Waals surface area (Å²) in [6.45, 7) is 1.83. The standard InChI is InChI=1S/C20H18Cl2N4O4S/c1-3-29-19(28)16-14(18(30-25-16)10-4-5-10)17(27)11-6-7-13(21)15(22)12(11)8-20(31-2)23-9-24-26-20/h6-7,9-10H,3-5,8H2,1-2H3. The average molecular weight is 481 g/mol. The van der Waals surface area contributed by atoms with E-state index in [9.17, 15) is 9.59 Å². The van der Waals surface area contributed by atoms with Crippen LogP contribution in [0.25, 0.3) is 0 Å². The molecule has 1 aromatic heterocycles. The number of esters is 1. The highest BCUT2D eigenvalue weighted by Crippen LogP contribution is 2.44. The van der Waals surface area contributed by atoms with Crippen LogP contribution in [0.15, 0.2) is 31.9 Å². The van der Waals surface area contributed by atoms with Gasteiger partial charge in [-0.3, -0.25) is 4.79 Å². The number of hydrogen-bond donors (Lipinski definition) is 0. The maximum Gasteiger partial charge on any atom is 0.361 e. The van der Waals surface area contributed by atoms with Crippen LogP contribution in [0.2, 0.25) is 10.0 Å². The first-order valence-corrected chi connectivity index (χ1v) is 11.6.